The Morgan fingerprint density at radius 1 is 0.974 bits per heavy atom. The first-order valence-electron chi connectivity index (χ1n) is 13.3. The molecule has 2 aliphatic rings. The van der Waals surface area contributed by atoms with Gasteiger partial charge in [0.1, 0.15) is 15.8 Å². The van der Waals surface area contributed by atoms with E-state index in [4.69, 9.17) is 17.2 Å². The molecule has 3 aromatic rings. The smallest absolute Gasteiger partial charge is 0.267 e. The van der Waals surface area contributed by atoms with E-state index in [0.717, 1.165) is 58.4 Å². The molecule has 2 aliphatic heterocycles. The zero-order chi connectivity index (χ0) is 26.5. The highest BCUT2D eigenvalue weighted by Gasteiger charge is 2.33. The lowest BCUT2D eigenvalue weighted by atomic mass is 10.1. The van der Waals surface area contributed by atoms with Crippen molar-refractivity contribution in [3.8, 4) is 0 Å². The Bertz CT molecular complexity index is 1400. The maximum Gasteiger partial charge on any atom is 0.267 e. The summed E-state index contributed by atoms with van der Waals surface area (Å²) in [6, 6.07) is 16.0. The van der Waals surface area contributed by atoms with E-state index in [1.807, 2.05) is 24.3 Å². The number of fused-ring (bicyclic) bond motifs is 1. The number of nitrogens with zero attached hydrogens (tertiary/aromatic N) is 5. The third kappa shape index (κ3) is 5.85. The molecule has 38 heavy (non-hydrogen) atoms. The summed E-state index contributed by atoms with van der Waals surface area (Å²) in [4.78, 5) is 38.6. The molecule has 2 aromatic heterocycles. The maximum atomic E-state index is 13.7. The van der Waals surface area contributed by atoms with Gasteiger partial charge < -0.3 is 4.90 Å². The van der Waals surface area contributed by atoms with E-state index in [9.17, 15) is 9.59 Å². The van der Waals surface area contributed by atoms with Crippen molar-refractivity contribution in [3.63, 3.8) is 0 Å². The summed E-state index contributed by atoms with van der Waals surface area (Å²) in [5.41, 5.74) is 2.16. The molecule has 0 spiro atoms. The Kier molecular flexibility index (Phi) is 8.56. The van der Waals surface area contributed by atoms with E-state index in [0.29, 0.717) is 32.8 Å². The summed E-state index contributed by atoms with van der Waals surface area (Å²) < 4.78 is 2.11. The van der Waals surface area contributed by atoms with E-state index in [2.05, 4.69) is 41.0 Å². The Labute approximate surface area is 233 Å². The topological polar surface area (TPSA) is 61.2 Å². The van der Waals surface area contributed by atoms with Gasteiger partial charge in [-0.2, -0.15) is 0 Å². The molecule has 0 N–H and O–H groups in total. The van der Waals surface area contributed by atoms with Crippen LogP contribution in [0.15, 0.2) is 64.4 Å². The maximum absolute atomic E-state index is 13.7. The van der Waals surface area contributed by atoms with Gasteiger partial charge in [-0.05, 0) is 30.2 Å². The van der Waals surface area contributed by atoms with Crippen molar-refractivity contribution in [1.82, 2.24) is 19.2 Å². The fourth-order valence-electron chi connectivity index (χ4n) is 4.94. The molecule has 4 heterocycles. The zero-order valence-electron chi connectivity index (χ0n) is 21.7. The number of carbonyl (C=O) groups excluding carboxylic acids is 1. The number of rotatable bonds is 9. The molecule has 0 radical (unpaired) electrons. The Morgan fingerprint density at radius 2 is 1.74 bits per heavy atom. The fourth-order valence-corrected chi connectivity index (χ4v) is 6.23. The normalized spacial score (nSPS) is 17.8. The van der Waals surface area contributed by atoms with Gasteiger partial charge >= 0.3 is 0 Å². The molecule has 1 aromatic carbocycles. The number of pyridine rings is 1. The highest BCUT2D eigenvalue weighted by Crippen LogP contribution is 2.34. The largest absolute Gasteiger partial charge is 0.353 e. The lowest BCUT2D eigenvalue weighted by Crippen LogP contribution is -2.47. The molecule has 5 rings (SSSR count). The molecule has 7 nitrogen and oxygen atoms in total. The number of thioether (sulfide) groups is 1. The van der Waals surface area contributed by atoms with Crippen molar-refractivity contribution in [2.24, 2.45) is 0 Å². The zero-order valence-corrected chi connectivity index (χ0v) is 23.3. The third-order valence-corrected chi connectivity index (χ3v) is 8.43. The molecule has 0 unspecified atom stereocenters. The number of piperazine rings is 1. The van der Waals surface area contributed by atoms with Gasteiger partial charge in [-0.25, -0.2) is 4.98 Å². The lowest BCUT2D eigenvalue weighted by Gasteiger charge is -2.36. The Balaban J connectivity index is 1.41. The molecule has 0 bridgehead atoms. The minimum atomic E-state index is -0.175. The number of benzene rings is 1. The molecule has 198 valence electrons. The molecule has 0 atom stereocenters. The quantitative estimate of drug-likeness (QED) is 0.217. The van der Waals surface area contributed by atoms with E-state index >= 15 is 0 Å². The number of aromatic nitrogens is 2. The molecule has 9 heteroatoms. The summed E-state index contributed by atoms with van der Waals surface area (Å²) in [5, 5.41) is 0. The van der Waals surface area contributed by atoms with Crippen LogP contribution >= 0.6 is 24.0 Å². The minimum Gasteiger partial charge on any atom is -0.353 e. The Morgan fingerprint density at radius 3 is 2.50 bits per heavy atom. The first kappa shape index (κ1) is 26.6. The van der Waals surface area contributed by atoms with E-state index in [1.165, 1.54) is 17.3 Å². The molecule has 0 aliphatic carbocycles. The number of anilines is 1. The fraction of sp³-hybridized carbons (Fsp3) is 0.379. The van der Waals surface area contributed by atoms with Crippen molar-refractivity contribution in [3.05, 3.63) is 81.1 Å². The second-order valence-electron chi connectivity index (χ2n) is 9.73. The number of amides is 1. The van der Waals surface area contributed by atoms with Gasteiger partial charge in [0.25, 0.3) is 11.5 Å². The number of carbonyl (C=O) groups is 1. The van der Waals surface area contributed by atoms with Gasteiger partial charge in [0, 0.05) is 45.5 Å². The lowest BCUT2D eigenvalue weighted by molar-refractivity contribution is -0.122. The molecule has 0 saturated carbocycles. The summed E-state index contributed by atoms with van der Waals surface area (Å²) in [5.74, 6) is 0.515. The van der Waals surface area contributed by atoms with Gasteiger partial charge in [0.15, 0.2) is 0 Å². The minimum absolute atomic E-state index is 0.118. The van der Waals surface area contributed by atoms with Crippen LogP contribution in [-0.2, 0) is 11.3 Å². The van der Waals surface area contributed by atoms with E-state index in [-0.39, 0.29) is 11.5 Å². The molecule has 2 fully saturated rings. The van der Waals surface area contributed by atoms with Crippen LogP contribution in [0, 0.1) is 0 Å². The van der Waals surface area contributed by atoms with Gasteiger partial charge in [0.05, 0.1) is 10.5 Å². The van der Waals surface area contributed by atoms with Crippen LogP contribution < -0.4 is 10.5 Å². The van der Waals surface area contributed by atoms with Crippen molar-refractivity contribution in [2.75, 3.05) is 37.6 Å². The van der Waals surface area contributed by atoms with Gasteiger partial charge in [-0.15, -0.1) is 0 Å². The predicted molar refractivity (Wildman–Crippen MR) is 159 cm³/mol. The molecular formula is C29H33N5O2S2. The number of hydrogen-bond donors (Lipinski definition) is 0. The van der Waals surface area contributed by atoms with E-state index in [1.54, 1.807) is 21.6 Å². The number of unbranched alkanes of at least 4 members (excludes halogenated alkanes) is 3. The SMILES string of the molecule is CCCCCCN1C(=O)/C(=C\c2c(N3CCN(Cc4ccccc4)CC3)nc3ccccn3c2=O)SC1=S. The van der Waals surface area contributed by atoms with Crippen molar-refractivity contribution < 1.29 is 4.79 Å². The van der Waals surface area contributed by atoms with Crippen molar-refractivity contribution in [2.45, 2.75) is 39.2 Å². The van der Waals surface area contributed by atoms with Gasteiger partial charge in [-0.1, -0.05) is 86.6 Å². The standard InChI is InChI=1S/C29H33N5O2S2/c1-2-3-4-9-15-34-28(36)24(38-29(34)37)20-23-26(30-25-13-8-10-14-33(25)27(23)35)32-18-16-31(17-19-32)21-22-11-6-5-7-12-22/h5-8,10-14,20H,2-4,9,15-19,21H2,1H3/b24-20+. The van der Waals surface area contributed by atoms with Crippen molar-refractivity contribution >= 4 is 51.7 Å². The van der Waals surface area contributed by atoms with Crippen LogP contribution in [0.2, 0.25) is 0 Å². The Hall–Kier alpha value is -3.01. The average molecular weight is 548 g/mol. The molecular weight excluding hydrogens is 514 g/mol. The summed E-state index contributed by atoms with van der Waals surface area (Å²) >= 11 is 6.81. The van der Waals surface area contributed by atoms with Crippen LogP contribution in [0.5, 0.6) is 0 Å². The first-order valence-corrected chi connectivity index (χ1v) is 14.6. The van der Waals surface area contributed by atoms with Gasteiger partial charge in [0.2, 0.25) is 0 Å². The number of thiocarbonyl (C=S) groups is 1. The summed E-state index contributed by atoms with van der Waals surface area (Å²) in [6.45, 7) is 6.92. The van der Waals surface area contributed by atoms with Crippen molar-refractivity contribution in [1.29, 1.82) is 0 Å². The first-order chi connectivity index (χ1) is 18.5. The van der Waals surface area contributed by atoms with Crippen LogP contribution in [0.4, 0.5) is 5.82 Å². The highest BCUT2D eigenvalue weighted by molar-refractivity contribution is 8.26. The predicted octanol–water partition coefficient (Wildman–Crippen LogP) is 4.80. The molecule has 2 saturated heterocycles. The summed E-state index contributed by atoms with van der Waals surface area (Å²) in [6.07, 6.45) is 7.72. The third-order valence-electron chi connectivity index (χ3n) is 7.05. The van der Waals surface area contributed by atoms with Gasteiger partial charge in [-0.3, -0.25) is 23.8 Å². The molecule has 1 amide bonds. The van der Waals surface area contributed by atoms with Crippen LogP contribution in [0.25, 0.3) is 11.7 Å². The van der Waals surface area contributed by atoms with Crippen LogP contribution in [0.3, 0.4) is 0 Å². The highest BCUT2D eigenvalue weighted by atomic mass is 32.2. The number of hydrogen-bond acceptors (Lipinski definition) is 7. The van der Waals surface area contributed by atoms with Crippen LogP contribution in [-0.4, -0.2) is 62.1 Å². The second-order valence-corrected chi connectivity index (χ2v) is 11.4. The van der Waals surface area contributed by atoms with E-state index < -0.39 is 0 Å². The average Bonchev–Trinajstić information content (AvgIpc) is 3.21. The summed E-state index contributed by atoms with van der Waals surface area (Å²) in [7, 11) is 0. The van der Waals surface area contributed by atoms with Crippen LogP contribution in [0.1, 0.15) is 43.7 Å². The second kappa shape index (κ2) is 12.2. The monoisotopic (exact) mass is 547 g/mol.